The second kappa shape index (κ2) is 7.30. The Morgan fingerprint density at radius 3 is 2.41 bits per heavy atom. The van der Waals surface area contributed by atoms with Crippen LogP contribution in [0.5, 0.6) is 0 Å². The summed E-state index contributed by atoms with van der Waals surface area (Å²) in [6.07, 6.45) is 2.70. The molecule has 2 aromatic rings. The van der Waals surface area contributed by atoms with Crippen LogP contribution in [-0.4, -0.2) is 62.7 Å². The second-order valence-electron chi connectivity index (χ2n) is 8.42. The number of benzene rings is 1. The van der Waals surface area contributed by atoms with Crippen LogP contribution in [0.3, 0.4) is 0 Å². The predicted molar refractivity (Wildman–Crippen MR) is 108 cm³/mol. The minimum atomic E-state index is -0.622. The number of aliphatic hydroxyl groups is 1. The highest BCUT2D eigenvalue weighted by Gasteiger charge is 2.51. The van der Waals surface area contributed by atoms with Gasteiger partial charge in [-0.2, -0.15) is 5.10 Å². The number of carbonyl (C=O) groups excluding carboxylic acids is 2. The SMILES string of the molecule is Cc1nn(C)cc1C(=O)N1CCC2(CC1)C[C@@H](O)[C@H](c1ccccc1)N(C)C2=O. The molecule has 1 aromatic heterocycles. The predicted octanol–water partition coefficient (Wildman–Crippen LogP) is 1.92. The van der Waals surface area contributed by atoms with Crippen LogP contribution >= 0.6 is 0 Å². The number of amides is 2. The van der Waals surface area contributed by atoms with Crippen molar-refractivity contribution in [1.29, 1.82) is 0 Å². The lowest BCUT2D eigenvalue weighted by Crippen LogP contribution is -2.57. The Morgan fingerprint density at radius 2 is 1.83 bits per heavy atom. The van der Waals surface area contributed by atoms with Crippen molar-refractivity contribution in [3.8, 4) is 0 Å². The molecule has 2 saturated heterocycles. The van der Waals surface area contributed by atoms with Crippen LogP contribution in [0, 0.1) is 12.3 Å². The van der Waals surface area contributed by atoms with Gasteiger partial charge in [0.05, 0.1) is 28.8 Å². The van der Waals surface area contributed by atoms with Crippen LogP contribution in [0.25, 0.3) is 0 Å². The van der Waals surface area contributed by atoms with Gasteiger partial charge < -0.3 is 14.9 Å². The third kappa shape index (κ3) is 3.33. The topological polar surface area (TPSA) is 78.7 Å². The molecule has 1 aromatic carbocycles. The summed E-state index contributed by atoms with van der Waals surface area (Å²) in [5, 5.41) is 15.2. The number of likely N-dealkylation sites (tertiary alicyclic amines) is 2. The minimum Gasteiger partial charge on any atom is -0.391 e. The van der Waals surface area contributed by atoms with E-state index in [0.29, 0.717) is 43.6 Å². The fourth-order valence-corrected chi connectivity index (χ4v) is 4.99. The number of rotatable bonds is 2. The Kier molecular flexibility index (Phi) is 4.94. The lowest BCUT2D eigenvalue weighted by molar-refractivity contribution is -0.161. The molecule has 2 amide bonds. The van der Waals surface area contributed by atoms with Crippen LogP contribution in [0.15, 0.2) is 36.5 Å². The molecule has 0 bridgehead atoms. The Hall–Kier alpha value is -2.67. The van der Waals surface area contributed by atoms with Gasteiger partial charge in [0.25, 0.3) is 5.91 Å². The lowest BCUT2D eigenvalue weighted by atomic mass is 9.68. The molecular formula is C22H28N4O3. The van der Waals surface area contributed by atoms with E-state index in [1.807, 2.05) is 37.3 Å². The van der Waals surface area contributed by atoms with Crippen LogP contribution < -0.4 is 0 Å². The van der Waals surface area contributed by atoms with E-state index in [2.05, 4.69) is 5.10 Å². The zero-order valence-electron chi connectivity index (χ0n) is 17.2. The Labute approximate surface area is 170 Å². The van der Waals surface area contributed by atoms with Gasteiger partial charge in [-0.1, -0.05) is 30.3 Å². The van der Waals surface area contributed by atoms with Crippen molar-refractivity contribution >= 4 is 11.8 Å². The van der Waals surface area contributed by atoms with E-state index in [1.165, 1.54) is 0 Å². The molecule has 1 spiro atoms. The quantitative estimate of drug-likeness (QED) is 0.841. The number of aromatic nitrogens is 2. The number of aryl methyl sites for hydroxylation is 2. The molecule has 2 aliphatic rings. The van der Waals surface area contributed by atoms with Gasteiger partial charge in [-0.25, -0.2) is 0 Å². The molecule has 1 N–H and O–H groups in total. The van der Waals surface area contributed by atoms with E-state index >= 15 is 0 Å². The molecule has 0 aliphatic carbocycles. The summed E-state index contributed by atoms with van der Waals surface area (Å²) in [5.74, 6) is 0.0334. The van der Waals surface area contributed by atoms with Gasteiger partial charge in [0.2, 0.25) is 5.91 Å². The number of nitrogens with zero attached hydrogens (tertiary/aromatic N) is 4. The molecule has 2 atom stereocenters. The van der Waals surface area contributed by atoms with Crippen molar-refractivity contribution in [3.05, 3.63) is 53.3 Å². The fourth-order valence-electron chi connectivity index (χ4n) is 4.99. The van der Waals surface area contributed by atoms with Crippen molar-refractivity contribution in [2.75, 3.05) is 20.1 Å². The van der Waals surface area contributed by atoms with Gasteiger partial charge in [-0.05, 0) is 31.7 Å². The number of carbonyl (C=O) groups is 2. The van der Waals surface area contributed by atoms with Crippen molar-refractivity contribution < 1.29 is 14.7 Å². The Bertz CT molecular complexity index is 915. The number of hydrogen-bond acceptors (Lipinski definition) is 4. The molecule has 0 radical (unpaired) electrons. The third-order valence-electron chi connectivity index (χ3n) is 6.55. The molecule has 2 aliphatic heterocycles. The van der Waals surface area contributed by atoms with Crippen molar-refractivity contribution in [2.45, 2.75) is 38.3 Å². The van der Waals surface area contributed by atoms with Gasteiger partial charge in [0, 0.05) is 33.4 Å². The minimum absolute atomic E-state index is 0.0372. The van der Waals surface area contributed by atoms with Crippen LogP contribution in [0.2, 0.25) is 0 Å². The summed E-state index contributed by atoms with van der Waals surface area (Å²) in [5.41, 5.74) is 1.68. The van der Waals surface area contributed by atoms with Crippen molar-refractivity contribution in [3.63, 3.8) is 0 Å². The summed E-state index contributed by atoms with van der Waals surface area (Å²) >= 11 is 0. The number of piperidine rings is 2. The highest BCUT2D eigenvalue weighted by atomic mass is 16.3. The molecule has 7 heteroatoms. The molecule has 4 rings (SSSR count). The van der Waals surface area contributed by atoms with Crippen LogP contribution in [0.4, 0.5) is 0 Å². The molecule has 0 unspecified atom stereocenters. The molecule has 29 heavy (non-hydrogen) atoms. The third-order valence-corrected chi connectivity index (χ3v) is 6.55. The summed E-state index contributed by atoms with van der Waals surface area (Å²) < 4.78 is 1.65. The van der Waals surface area contributed by atoms with Gasteiger partial charge in [0.1, 0.15) is 0 Å². The van der Waals surface area contributed by atoms with Gasteiger partial charge in [-0.3, -0.25) is 14.3 Å². The first kappa shape index (κ1) is 19.6. The molecular weight excluding hydrogens is 368 g/mol. The first-order valence-corrected chi connectivity index (χ1v) is 10.1. The smallest absolute Gasteiger partial charge is 0.257 e. The van der Waals surface area contributed by atoms with Gasteiger partial charge in [-0.15, -0.1) is 0 Å². The maximum atomic E-state index is 13.3. The summed E-state index contributed by atoms with van der Waals surface area (Å²) in [6, 6.07) is 9.36. The van der Waals surface area contributed by atoms with E-state index in [1.54, 1.807) is 34.8 Å². The second-order valence-corrected chi connectivity index (χ2v) is 8.42. The van der Waals surface area contributed by atoms with E-state index in [9.17, 15) is 14.7 Å². The molecule has 154 valence electrons. The van der Waals surface area contributed by atoms with Crippen LogP contribution in [-0.2, 0) is 11.8 Å². The Morgan fingerprint density at radius 1 is 1.17 bits per heavy atom. The average molecular weight is 396 g/mol. The first-order chi connectivity index (χ1) is 13.8. The molecule has 3 heterocycles. The average Bonchev–Trinajstić information content (AvgIpc) is 3.05. The fraction of sp³-hybridized carbons (Fsp3) is 0.500. The largest absolute Gasteiger partial charge is 0.391 e. The van der Waals surface area contributed by atoms with E-state index in [0.717, 1.165) is 5.56 Å². The summed E-state index contributed by atoms with van der Waals surface area (Å²) in [6.45, 7) is 2.85. The maximum Gasteiger partial charge on any atom is 0.257 e. The summed E-state index contributed by atoms with van der Waals surface area (Å²) in [4.78, 5) is 29.7. The number of hydrogen-bond donors (Lipinski definition) is 1. The van der Waals surface area contributed by atoms with Crippen molar-refractivity contribution in [2.24, 2.45) is 12.5 Å². The van der Waals surface area contributed by atoms with E-state index in [-0.39, 0.29) is 17.9 Å². The Balaban J connectivity index is 1.49. The van der Waals surface area contributed by atoms with Crippen molar-refractivity contribution in [1.82, 2.24) is 19.6 Å². The zero-order chi connectivity index (χ0) is 20.8. The number of aliphatic hydroxyl groups excluding tert-OH is 1. The lowest BCUT2D eigenvalue weighted by Gasteiger charge is -2.50. The monoisotopic (exact) mass is 396 g/mol. The van der Waals surface area contributed by atoms with Gasteiger partial charge in [0.15, 0.2) is 0 Å². The standard InChI is InChI=1S/C22H28N4O3/c1-15-17(14-24(2)23-15)20(28)26-11-9-22(10-12-26)13-18(27)19(25(3)21(22)29)16-7-5-4-6-8-16/h4-8,14,18-19,27H,9-13H2,1-3H3/t18-,19+/m1/s1. The molecule has 7 nitrogen and oxygen atoms in total. The molecule has 2 fully saturated rings. The van der Waals surface area contributed by atoms with E-state index in [4.69, 9.17) is 0 Å². The highest BCUT2D eigenvalue weighted by molar-refractivity contribution is 5.95. The highest BCUT2D eigenvalue weighted by Crippen LogP contribution is 2.46. The number of likely N-dealkylation sites (N-methyl/N-ethyl adjacent to an activating group) is 1. The normalized spacial score (nSPS) is 24.2. The summed E-state index contributed by atoms with van der Waals surface area (Å²) in [7, 11) is 3.58. The van der Waals surface area contributed by atoms with E-state index < -0.39 is 11.5 Å². The van der Waals surface area contributed by atoms with Crippen LogP contribution in [0.1, 0.15) is 46.9 Å². The first-order valence-electron chi connectivity index (χ1n) is 10.1. The zero-order valence-corrected chi connectivity index (χ0v) is 17.2. The van der Waals surface area contributed by atoms with Gasteiger partial charge >= 0.3 is 0 Å². The molecule has 0 saturated carbocycles. The maximum absolute atomic E-state index is 13.3.